The molecular weight excluding hydrogens is 300 g/mol. The fourth-order valence-electron chi connectivity index (χ4n) is 3.68. The van der Waals surface area contributed by atoms with E-state index in [1.165, 1.54) is 24.0 Å². The third-order valence-corrected chi connectivity index (χ3v) is 5.21. The first kappa shape index (κ1) is 15.4. The second kappa shape index (κ2) is 6.38. The minimum Gasteiger partial charge on any atom is -0.342 e. The number of benzene rings is 1. The zero-order valence-electron chi connectivity index (χ0n) is 14.2. The van der Waals surface area contributed by atoms with Crippen LogP contribution in [0.25, 0.3) is 0 Å². The second-order valence-corrected chi connectivity index (χ2v) is 6.91. The van der Waals surface area contributed by atoms with E-state index in [1.54, 1.807) is 6.33 Å². The number of nitrogens with zero attached hydrogens (tertiary/aromatic N) is 3. The average molecular weight is 324 g/mol. The Morgan fingerprint density at radius 3 is 2.83 bits per heavy atom. The van der Waals surface area contributed by atoms with Crippen LogP contribution in [0.5, 0.6) is 0 Å². The molecule has 5 heteroatoms. The number of hydrogen-bond donors (Lipinski definition) is 1. The number of carbonyl (C=O) groups excluding carboxylic acids is 1. The summed E-state index contributed by atoms with van der Waals surface area (Å²) in [4.78, 5) is 17.2. The Hall–Kier alpha value is -2.17. The lowest BCUT2D eigenvalue weighted by atomic mass is 9.90. The van der Waals surface area contributed by atoms with E-state index in [0.717, 1.165) is 43.6 Å². The monoisotopic (exact) mass is 324 g/mol. The minimum absolute atomic E-state index is 0.00549. The maximum atomic E-state index is 12.8. The van der Waals surface area contributed by atoms with Gasteiger partial charge in [0.1, 0.15) is 12.2 Å². The van der Waals surface area contributed by atoms with Crippen LogP contribution in [-0.2, 0) is 19.4 Å². The summed E-state index contributed by atoms with van der Waals surface area (Å²) in [5.41, 5.74) is 3.51. The zero-order valence-corrected chi connectivity index (χ0v) is 14.2. The molecule has 2 aliphatic carbocycles. The Morgan fingerprint density at radius 1 is 1.29 bits per heavy atom. The molecule has 0 aliphatic heterocycles. The van der Waals surface area contributed by atoms with Gasteiger partial charge in [-0.1, -0.05) is 6.07 Å². The van der Waals surface area contributed by atoms with Crippen LogP contribution in [-0.4, -0.2) is 20.7 Å². The molecular formula is C19H24N4O. The van der Waals surface area contributed by atoms with Crippen molar-refractivity contribution >= 4 is 5.91 Å². The summed E-state index contributed by atoms with van der Waals surface area (Å²) in [7, 11) is 0. The highest BCUT2D eigenvalue weighted by molar-refractivity contribution is 5.94. The van der Waals surface area contributed by atoms with Crippen molar-refractivity contribution in [1.82, 2.24) is 20.1 Å². The van der Waals surface area contributed by atoms with Crippen LogP contribution in [0.1, 0.15) is 66.0 Å². The summed E-state index contributed by atoms with van der Waals surface area (Å²) in [6, 6.07) is 6.15. The van der Waals surface area contributed by atoms with Gasteiger partial charge in [-0.15, -0.1) is 0 Å². The number of aryl methyl sites for hydroxylation is 3. The number of fused-ring (bicyclic) bond motifs is 1. The van der Waals surface area contributed by atoms with Crippen molar-refractivity contribution in [2.24, 2.45) is 5.92 Å². The molecule has 0 saturated heterocycles. The maximum absolute atomic E-state index is 12.8. The van der Waals surface area contributed by atoms with Gasteiger partial charge in [0.05, 0.1) is 6.04 Å². The first-order valence-electron chi connectivity index (χ1n) is 9.06. The summed E-state index contributed by atoms with van der Waals surface area (Å²) in [6.07, 6.45) is 8.59. The van der Waals surface area contributed by atoms with E-state index < -0.39 is 0 Å². The molecule has 1 fully saturated rings. The van der Waals surface area contributed by atoms with Crippen LogP contribution in [0.15, 0.2) is 24.5 Å². The number of amides is 1. The van der Waals surface area contributed by atoms with E-state index in [2.05, 4.69) is 27.5 Å². The van der Waals surface area contributed by atoms with Gasteiger partial charge >= 0.3 is 0 Å². The Bertz CT molecular complexity index is 748. The van der Waals surface area contributed by atoms with Gasteiger partial charge in [-0.25, -0.2) is 9.67 Å². The molecule has 2 aromatic rings. The van der Waals surface area contributed by atoms with Crippen molar-refractivity contribution in [3.05, 3.63) is 47.0 Å². The molecule has 4 rings (SSSR count). The number of aromatic nitrogens is 3. The lowest BCUT2D eigenvalue weighted by Crippen LogP contribution is -2.32. The Labute approximate surface area is 142 Å². The molecule has 5 nitrogen and oxygen atoms in total. The Morgan fingerprint density at radius 2 is 2.08 bits per heavy atom. The van der Waals surface area contributed by atoms with Crippen LogP contribution < -0.4 is 5.32 Å². The van der Waals surface area contributed by atoms with E-state index in [-0.39, 0.29) is 11.9 Å². The standard InChI is InChI=1S/C19H24N4O/c1-2-23-18(20-12-21-23)17(14-8-9-14)22-19(24)16-10-7-13-5-3-4-6-15(13)11-16/h7,10-12,14,17H,2-6,8-9H2,1H3,(H,22,24)/t17-/m0/s1. The Balaban J connectivity index is 1.55. The molecule has 1 amide bonds. The molecule has 2 aliphatic rings. The van der Waals surface area contributed by atoms with E-state index in [4.69, 9.17) is 0 Å². The lowest BCUT2D eigenvalue weighted by molar-refractivity contribution is 0.0928. The number of carbonyl (C=O) groups is 1. The van der Waals surface area contributed by atoms with Crippen molar-refractivity contribution < 1.29 is 4.79 Å². The molecule has 1 aromatic carbocycles. The van der Waals surface area contributed by atoms with E-state index in [1.807, 2.05) is 17.7 Å². The third-order valence-electron chi connectivity index (χ3n) is 5.21. The van der Waals surface area contributed by atoms with Gasteiger partial charge in [0.25, 0.3) is 5.91 Å². The summed E-state index contributed by atoms with van der Waals surface area (Å²) < 4.78 is 1.89. The molecule has 0 radical (unpaired) electrons. The van der Waals surface area contributed by atoms with Gasteiger partial charge in [-0.05, 0) is 74.6 Å². The van der Waals surface area contributed by atoms with Crippen molar-refractivity contribution in [2.45, 2.75) is 58.0 Å². The van der Waals surface area contributed by atoms with Crippen molar-refractivity contribution in [2.75, 3.05) is 0 Å². The van der Waals surface area contributed by atoms with Gasteiger partial charge in [-0.3, -0.25) is 4.79 Å². The SMILES string of the molecule is CCn1ncnc1[C@@H](NC(=O)c1ccc2c(c1)CCCC2)C1CC1. The highest BCUT2D eigenvalue weighted by Gasteiger charge is 2.36. The predicted molar refractivity (Wildman–Crippen MR) is 91.7 cm³/mol. The van der Waals surface area contributed by atoms with Crippen LogP contribution >= 0.6 is 0 Å². The minimum atomic E-state index is -0.0315. The van der Waals surface area contributed by atoms with Crippen LogP contribution in [0, 0.1) is 5.92 Å². The van der Waals surface area contributed by atoms with Gasteiger partial charge in [-0.2, -0.15) is 5.10 Å². The summed E-state index contributed by atoms with van der Waals surface area (Å²) in [6.45, 7) is 2.82. The van der Waals surface area contributed by atoms with Crippen LogP contribution in [0.4, 0.5) is 0 Å². The maximum Gasteiger partial charge on any atom is 0.251 e. The molecule has 1 heterocycles. The smallest absolute Gasteiger partial charge is 0.251 e. The highest BCUT2D eigenvalue weighted by atomic mass is 16.1. The van der Waals surface area contributed by atoms with Gasteiger partial charge in [0.2, 0.25) is 0 Å². The molecule has 1 atom stereocenters. The number of rotatable bonds is 5. The highest BCUT2D eigenvalue weighted by Crippen LogP contribution is 2.40. The third kappa shape index (κ3) is 2.95. The van der Waals surface area contributed by atoms with E-state index in [0.29, 0.717) is 5.92 Å². The molecule has 126 valence electrons. The first-order chi connectivity index (χ1) is 11.8. The molecule has 1 saturated carbocycles. The fourth-order valence-corrected chi connectivity index (χ4v) is 3.68. The molecule has 24 heavy (non-hydrogen) atoms. The predicted octanol–water partition coefficient (Wildman–Crippen LogP) is 3.06. The lowest BCUT2D eigenvalue weighted by Gasteiger charge is -2.20. The van der Waals surface area contributed by atoms with E-state index >= 15 is 0 Å². The summed E-state index contributed by atoms with van der Waals surface area (Å²) in [5.74, 6) is 1.37. The van der Waals surface area contributed by atoms with Crippen molar-refractivity contribution in [3.63, 3.8) is 0 Å². The van der Waals surface area contributed by atoms with Gasteiger partial charge in [0.15, 0.2) is 0 Å². The second-order valence-electron chi connectivity index (χ2n) is 6.91. The molecule has 0 spiro atoms. The molecule has 0 unspecified atom stereocenters. The molecule has 1 N–H and O–H groups in total. The van der Waals surface area contributed by atoms with E-state index in [9.17, 15) is 4.79 Å². The quantitative estimate of drug-likeness (QED) is 0.919. The summed E-state index contributed by atoms with van der Waals surface area (Å²) in [5, 5.41) is 7.47. The molecule has 0 bridgehead atoms. The average Bonchev–Trinajstić information content (AvgIpc) is 3.35. The fraction of sp³-hybridized carbons (Fsp3) is 0.526. The number of nitrogens with one attached hydrogen (secondary N) is 1. The summed E-state index contributed by atoms with van der Waals surface area (Å²) >= 11 is 0. The first-order valence-corrected chi connectivity index (χ1v) is 9.06. The molecule has 1 aromatic heterocycles. The van der Waals surface area contributed by atoms with Crippen molar-refractivity contribution in [3.8, 4) is 0 Å². The van der Waals surface area contributed by atoms with Crippen LogP contribution in [0.2, 0.25) is 0 Å². The Kier molecular flexibility index (Phi) is 4.08. The van der Waals surface area contributed by atoms with Crippen LogP contribution in [0.3, 0.4) is 0 Å². The van der Waals surface area contributed by atoms with Gasteiger partial charge < -0.3 is 5.32 Å². The topological polar surface area (TPSA) is 59.8 Å². The normalized spacial score (nSPS) is 18.0. The van der Waals surface area contributed by atoms with Gasteiger partial charge in [0, 0.05) is 12.1 Å². The van der Waals surface area contributed by atoms with Crippen molar-refractivity contribution in [1.29, 1.82) is 0 Å². The number of hydrogen-bond acceptors (Lipinski definition) is 3. The zero-order chi connectivity index (χ0) is 16.5. The largest absolute Gasteiger partial charge is 0.342 e.